The molecule has 0 aliphatic carbocycles. The van der Waals surface area contributed by atoms with E-state index in [9.17, 15) is 4.39 Å². The normalized spacial score (nSPS) is 10.6. The Morgan fingerprint density at radius 1 is 1.07 bits per heavy atom. The lowest BCUT2D eigenvalue weighted by Crippen LogP contribution is -2.07. The van der Waals surface area contributed by atoms with Crippen molar-refractivity contribution < 1.29 is 13.9 Å². The van der Waals surface area contributed by atoms with E-state index in [1.807, 2.05) is 28.8 Å². The Balaban J connectivity index is 1.66. The van der Waals surface area contributed by atoms with Crippen LogP contribution >= 0.6 is 11.8 Å². The van der Waals surface area contributed by atoms with E-state index >= 15 is 0 Å². The quantitative estimate of drug-likeness (QED) is 0.401. The summed E-state index contributed by atoms with van der Waals surface area (Å²) >= 11 is 1.54. The predicted molar refractivity (Wildman–Crippen MR) is 104 cm³/mol. The molecule has 0 fully saturated rings. The van der Waals surface area contributed by atoms with Crippen LogP contribution in [0.5, 0.6) is 11.5 Å². The zero-order chi connectivity index (χ0) is 19.1. The van der Waals surface area contributed by atoms with Crippen LogP contribution in [-0.2, 0) is 18.9 Å². The molecule has 3 aromatic rings. The van der Waals surface area contributed by atoms with Gasteiger partial charge in [0.1, 0.15) is 23.9 Å². The van der Waals surface area contributed by atoms with Crippen molar-refractivity contribution in [3.63, 3.8) is 0 Å². The van der Waals surface area contributed by atoms with Crippen LogP contribution in [0.1, 0.15) is 11.4 Å². The number of nitrogens with zero attached hydrogens (tertiary/aromatic N) is 3. The fourth-order valence-corrected chi connectivity index (χ4v) is 3.32. The van der Waals surface area contributed by atoms with Crippen LogP contribution in [0.25, 0.3) is 0 Å². The summed E-state index contributed by atoms with van der Waals surface area (Å²) in [6.45, 7) is 4.68. The van der Waals surface area contributed by atoms with Gasteiger partial charge in [-0.3, -0.25) is 4.57 Å². The van der Waals surface area contributed by atoms with Crippen LogP contribution in [0.3, 0.4) is 0 Å². The summed E-state index contributed by atoms with van der Waals surface area (Å²) < 4.78 is 25.9. The highest BCUT2D eigenvalue weighted by molar-refractivity contribution is 7.98. The predicted octanol–water partition coefficient (Wildman–Crippen LogP) is 4.48. The van der Waals surface area contributed by atoms with Gasteiger partial charge in [-0.1, -0.05) is 30.0 Å². The van der Waals surface area contributed by atoms with E-state index in [1.54, 1.807) is 37.1 Å². The largest absolute Gasteiger partial charge is 0.497 e. The number of rotatable bonds is 9. The minimum Gasteiger partial charge on any atom is -0.497 e. The Labute approximate surface area is 161 Å². The van der Waals surface area contributed by atoms with E-state index in [1.165, 1.54) is 12.1 Å². The first-order valence-corrected chi connectivity index (χ1v) is 9.35. The Morgan fingerprint density at radius 3 is 2.44 bits per heavy atom. The molecule has 0 unspecified atom stereocenters. The van der Waals surface area contributed by atoms with Crippen molar-refractivity contribution in [2.75, 3.05) is 7.11 Å². The van der Waals surface area contributed by atoms with Gasteiger partial charge in [0.15, 0.2) is 11.0 Å². The molecule has 0 radical (unpaired) electrons. The third-order valence-corrected chi connectivity index (χ3v) is 4.85. The third kappa shape index (κ3) is 5.10. The highest BCUT2D eigenvalue weighted by atomic mass is 32.2. The van der Waals surface area contributed by atoms with Crippen LogP contribution in [0.4, 0.5) is 4.39 Å². The van der Waals surface area contributed by atoms with Crippen molar-refractivity contribution in [3.05, 3.63) is 78.4 Å². The lowest BCUT2D eigenvalue weighted by atomic mass is 10.2. The molecule has 0 bridgehead atoms. The first-order chi connectivity index (χ1) is 13.2. The average Bonchev–Trinajstić information content (AvgIpc) is 3.08. The van der Waals surface area contributed by atoms with Crippen molar-refractivity contribution in [3.8, 4) is 11.5 Å². The number of halogens is 1. The zero-order valence-electron chi connectivity index (χ0n) is 15.0. The minimum absolute atomic E-state index is 0.239. The standard InChI is InChI=1S/C20H20FN3O2S/c1-3-12-24-19(13-26-18-10-8-17(25-2)9-11-18)22-23-20(24)27-14-15-4-6-16(21)7-5-15/h3-11H,1,12-14H2,2H3. The molecule has 0 spiro atoms. The van der Waals surface area contributed by atoms with Crippen molar-refractivity contribution >= 4 is 11.8 Å². The van der Waals surface area contributed by atoms with Gasteiger partial charge in [0.25, 0.3) is 0 Å². The smallest absolute Gasteiger partial charge is 0.191 e. The summed E-state index contributed by atoms with van der Waals surface area (Å²) in [5.41, 5.74) is 1.02. The van der Waals surface area contributed by atoms with E-state index in [0.717, 1.165) is 22.2 Å². The maximum atomic E-state index is 13.0. The molecule has 0 aliphatic rings. The van der Waals surface area contributed by atoms with E-state index < -0.39 is 0 Å². The van der Waals surface area contributed by atoms with Gasteiger partial charge in [0, 0.05) is 12.3 Å². The molecule has 140 valence electrons. The second kappa shape index (κ2) is 9.23. The fourth-order valence-electron chi connectivity index (χ4n) is 2.39. The molecule has 3 rings (SSSR count). The monoisotopic (exact) mass is 385 g/mol. The Kier molecular flexibility index (Phi) is 6.49. The Bertz CT molecular complexity index is 879. The molecule has 0 saturated heterocycles. The molecule has 0 N–H and O–H groups in total. The number of thioether (sulfide) groups is 1. The zero-order valence-corrected chi connectivity index (χ0v) is 15.8. The van der Waals surface area contributed by atoms with Gasteiger partial charge in [-0.15, -0.1) is 16.8 Å². The number of methoxy groups -OCH3 is 1. The van der Waals surface area contributed by atoms with Gasteiger partial charge in [0.05, 0.1) is 7.11 Å². The highest BCUT2D eigenvalue weighted by Crippen LogP contribution is 2.23. The van der Waals surface area contributed by atoms with Gasteiger partial charge in [0.2, 0.25) is 0 Å². The van der Waals surface area contributed by atoms with Gasteiger partial charge in [-0.05, 0) is 42.0 Å². The van der Waals surface area contributed by atoms with E-state index in [2.05, 4.69) is 16.8 Å². The Hall–Kier alpha value is -2.80. The maximum Gasteiger partial charge on any atom is 0.191 e. The van der Waals surface area contributed by atoms with Gasteiger partial charge < -0.3 is 9.47 Å². The van der Waals surface area contributed by atoms with E-state index in [0.29, 0.717) is 24.7 Å². The minimum atomic E-state index is -0.239. The molecule has 0 amide bonds. The van der Waals surface area contributed by atoms with Crippen molar-refractivity contribution in [2.45, 2.75) is 24.1 Å². The molecule has 7 heteroatoms. The van der Waals surface area contributed by atoms with Crippen LogP contribution in [-0.4, -0.2) is 21.9 Å². The molecule has 1 aromatic heterocycles. The lowest BCUT2D eigenvalue weighted by molar-refractivity contribution is 0.288. The van der Waals surface area contributed by atoms with Gasteiger partial charge in [-0.2, -0.15) is 0 Å². The molecular formula is C20H20FN3O2S. The number of aromatic nitrogens is 3. The second-order valence-electron chi connectivity index (χ2n) is 5.68. The van der Waals surface area contributed by atoms with Crippen LogP contribution in [0.15, 0.2) is 66.3 Å². The van der Waals surface area contributed by atoms with Crippen LogP contribution in [0, 0.1) is 5.82 Å². The molecule has 0 aliphatic heterocycles. The van der Waals surface area contributed by atoms with E-state index in [-0.39, 0.29) is 5.82 Å². The molecule has 0 atom stereocenters. The van der Waals surface area contributed by atoms with Crippen molar-refractivity contribution in [2.24, 2.45) is 0 Å². The maximum absolute atomic E-state index is 13.0. The number of hydrogen-bond acceptors (Lipinski definition) is 5. The van der Waals surface area contributed by atoms with Crippen LogP contribution in [0.2, 0.25) is 0 Å². The van der Waals surface area contributed by atoms with E-state index in [4.69, 9.17) is 9.47 Å². The number of allylic oxidation sites excluding steroid dienone is 1. The summed E-state index contributed by atoms with van der Waals surface area (Å²) in [5.74, 6) is 2.65. The summed E-state index contributed by atoms with van der Waals surface area (Å²) in [5, 5.41) is 9.28. The third-order valence-electron chi connectivity index (χ3n) is 3.81. The Morgan fingerprint density at radius 2 is 1.78 bits per heavy atom. The molecule has 5 nitrogen and oxygen atoms in total. The number of benzene rings is 2. The highest BCUT2D eigenvalue weighted by Gasteiger charge is 2.12. The van der Waals surface area contributed by atoms with Crippen molar-refractivity contribution in [1.82, 2.24) is 14.8 Å². The molecule has 27 heavy (non-hydrogen) atoms. The van der Waals surface area contributed by atoms with Gasteiger partial charge in [-0.25, -0.2) is 4.39 Å². The fraction of sp³-hybridized carbons (Fsp3) is 0.200. The summed E-state index contributed by atoms with van der Waals surface area (Å²) in [6, 6.07) is 13.8. The summed E-state index contributed by atoms with van der Waals surface area (Å²) in [4.78, 5) is 0. The molecule has 1 heterocycles. The number of ether oxygens (including phenoxy) is 2. The summed E-state index contributed by atoms with van der Waals surface area (Å²) in [7, 11) is 1.62. The number of hydrogen-bond donors (Lipinski definition) is 0. The molecule has 2 aromatic carbocycles. The first-order valence-electron chi connectivity index (χ1n) is 8.36. The second-order valence-corrected chi connectivity index (χ2v) is 6.62. The average molecular weight is 385 g/mol. The molecular weight excluding hydrogens is 365 g/mol. The topological polar surface area (TPSA) is 49.2 Å². The SMILES string of the molecule is C=CCn1c(COc2ccc(OC)cc2)nnc1SCc1ccc(F)cc1. The van der Waals surface area contributed by atoms with Crippen molar-refractivity contribution in [1.29, 1.82) is 0 Å². The van der Waals surface area contributed by atoms with Crippen LogP contribution < -0.4 is 9.47 Å². The first kappa shape index (κ1) is 19.0. The lowest BCUT2D eigenvalue weighted by Gasteiger charge is -2.09. The summed E-state index contributed by atoms with van der Waals surface area (Å²) in [6.07, 6.45) is 1.79. The molecule has 0 saturated carbocycles. The van der Waals surface area contributed by atoms with Gasteiger partial charge >= 0.3 is 0 Å².